The zero-order chi connectivity index (χ0) is 21.6. The van der Waals surface area contributed by atoms with Crippen LogP contribution in [0.1, 0.15) is 37.7 Å². The standard InChI is InChI=1S/C23H27N3O3S/c1-5-28-21(27)23(3,4)30-22-25-24-20(16-29-19-13-11-17(2)12-14-19)26(22)15-18-9-7-6-8-10-18/h6-14H,5,15-16H2,1-4H3. The van der Waals surface area contributed by atoms with E-state index in [4.69, 9.17) is 9.47 Å². The molecule has 0 unspecified atom stereocenters. The van der Waals surface area contributed by atoms with E-state index in [1.165, 1.54) is 17.3 Å². The molecule has 0 bridgehead atoms. The summed E-state index contributed by atoms with van der Waals surface area (Å²) in [5.41, 5.74) is 2.29. The lowest BCUT2D eigenvalue weighted by molar-refractivity contribution is -0.145. The summed E-state index contributed by atoms with van der Waals surface area (Å²) in [4.78, 5) is 12.4. The van der Waals surface area contributed by atoms with Gasteiger partial charge in [0.25, 0.3) is 0 Å². The maximum absolute atomic E-state index is 12.4. The van der Waals surface area contributed by atoms with Crippen LogP contribution in [0.3, 0.4) is 0 Å². The first-order chi connectivity index (χ1) is 14.4. The molecule has 30 heavy (non-hydrogen) atoms. The van der Waals surface area contributed by atoms with Crippen molar-refractivity contribution >= 4 is 17.7 Å². The lowest BCUT2D eigenvalue weighted by Gasteiger charge is -2.21. The molecule has 0 amide bonds. The quantitative estimate of drug-likeness (QED) is 0.367. The van der Waals surface area contributed by atoms with Gasteiger partial charge in [-0.2, -0.15) is 0 Å². The molecule has 0 atom stereocenters. The van der Waals surface area contributed by atoms with E-state index in [0.717, 1.165) is 11.3 Å². The number of ether oxygens (including phenoxy) is 2. The first-order valence-electron chi connectivity index (χ1n) is 9.90. The number of thioether (sulfide) groups is 1. The van der Waals surface area contributed by atoms with Gasteiger partial charge in [0.1, 0.15) is 17.1 Å². The Kier molecular flexibility index (Phi) is 7.15. The highest BCUT2D eigenvalue weighted by atomic mass is 32.2. The van der Waals surface area contributed by atoms with Crippen molar-refractivity contribution in [2.75, 3.05) is 6.61 Å². The maximum Gasteiger partial charge on any atom is 0.322 e. The summed E-state index contributed by atoms with van der Waals surface area (Å²) in [6.07, 6.45) is 0. The molecule has 2 aromatic carbocycles. The summed E-state index contributed by atoms with van der Waals surface area (Å²) < 4.78 is 12.4. The largest absolute Gasteiger partial charge is 0.486 e. The minimum atomic E-state index is -0.785. The van der Waals surface area contributed by atoms with Crippen molar-refractivity contribution in [1.29, 1.82) is 0 Å². The van der Waals surface area contributed by atoms with Crippen molar-refractivity contribution in [3.63, 3.8) is 0 Å². The van der Waals surface area contributed by atoms with Crippen LogP contribution in [0.25, 0.3) is 0 Å². The highest BCUT2D eigenvalue weighted by Gasteiger charge is 2.33. The third-order valence-corrected chi connectivity index (χ3v) is 5.64. The van der Waals surface area contributed by atoms with Gasteiger partial charge in [0, 0.05) is 0 Å². The van der Waals surface area contributed by atoms with Gasteiger partial charge in [-0.3, -0.25) is 9.36 Å². The third kappa shape index (κ3) is 5.63. The lowest BCUT2D eigenvalue weighted by atomic mass is 10.2. The minimum Gasteiger partial charge on any atom is -0.486 e. The van der Waals surface area contributed by atoms with Crippen LogP contribution in [-0.4, -0.2) is 32.1 Å². The van der Waals surface area contributed by atoms with Gasteiger partial charge in [0.05, 0.1) is 13.2 Å². The van der Waals surface area contributed by atoms with E-state index in [1.54, 1.807) is 6.92 Å². The monoisotopic (exact) mass is 425 g/mol. The summed E-state index contributed by atoms with van der Waals surface area (Å²) in [5.74, 6) is 1.19. The Balaban J connectivity index is 1.84. The fourth-order valence-corrected chi connectivity index (χ4v) is 3.74. The molecule has 1 aromatic heterocycles. The van der Waals surface area contributed by atoms with Gasteiger partial charge >= 0.3 is 5.97 Å². The average Bonchev–Trinajstić information content (AvgIpc) is 3.09. The van der Waals surface area contributed by atoms with Gasteiger partial charge in [-0.15, -0.1) is 10.2 Å². The maximum atomic E-state index is 12.4. The van der Waals surface area contributed by atoms with E-state index in [1.807, 2.05) is 67.8 Å². The third-order valence-electron chi connectivity index (χ3n) is 4.48. The number of esters is 1. The lowest BCUT2D eigenvalue weighted by Crippen LogP contribution is -2.30. The van der Waals surface area contributed by atoms with E-state index >= 15 is 0 Å². The predicted molar refractivity (Wildman–Crippen MR) is 118 cm³/mol. The number of aromatic nitrogens is 3. The number of aryl methyl sites for hydroxylation is 1. The van der Waals surface area contributed by atoms with Gasteiger partial charge in [0.2, 0.25) is 0 Å². The number of hydrogen-bond donors (Lipinski definition) is 0. The molecule has 158 valence electrons. The summed E-state index contributed by atoms with van der Waals surface area (Å²) in [6.45, 7) is 8.71. The van der Waals surface area contributed by atoms with E-state index in [2.05, 4.69) is 22.3 Å². The van der Waals surface area contributed by atoms with Gasteiger partial charge in [-0.1, -0.05) is 59.8 Å². The molecule has 0 saturated heterocycles. The van der Waals surface area contributed by atoms with Crippen molar-refractivity contribution < 1.29 is 14.3 Å². The molecule has 7 heteroatoms. The fourth-order valence-electron chi connectivity index (χ4n) is 2.78. The summed E-state index contributed by atoms with van der Waals surface area (Å²) >= 11 is 1.34. The van der Waals surface area contributed by atoms with Crippen molar-refractivity contribution in [3.8, 4) is 5.75 Å². The number of nitrogens with zero attached hydrogens (tertiary/aromatic N) is 3. The van der Waals surface area contributed by atoms with Crippen LogP contribution >= 0.6 is 11.8 Å². The van der Waals surface area contributed by atoms with Crippen LogP contribution < -0.4 is 4.74 Å². The number of benzene rings is 2. The Morgan fingerprint density at radius 1 is 1.07 bits per heavy atom. The molecule has 0 aliphatic carbocycles. The second kappa shape index (κ2) is 9.80. The second-order valence-corrected chi connectivity index (χ2v) is 9.00. The van der Waals surface area contributed by atoms with Crippen LogP contribution in [0.2, 0.25) is 0 Å². The van der Waals surface area contributed by atoms with E-state index in [0.29, 0.717) is 24.1 Å². The molecule has 0 spiro atoms. The molecule has 0 radical (unpaired) electrons. The van der Waals surface area contributed by atoms with Crippen molar-refractivity contribution in [2.24, 2.45) is 0 Å². The van der Waals surface area contributed by atoms with Crippen LogP contribution in [0, 0.1) is 6.92 Å². The fraction of sp³-hybridized carbons (Fsp3) is 0.348. The first-order valence-corrected chi connectivity index (χ1v) is 10.7. The van der Waals surface area contributed by atoms with E-state index in [-0.39, 0.29) is 12.6 Å². The van der Waals surface area contributed by atoms with E-state index < -0.39 is 4.75 Å². The van der Waals surface area contributed by atoms with Crippen molar-refractivity contribution in [1.82, 2.24) is 14.8 Å². The van der Waals surface area contributed by atoms with E-state index in [9.17, 15) is 4.79 Å². The van der Waals surface area contributed by atoms with Crippen LogP contribution in [0.4, 0.5) is 0 Å². The molecule has 3 rings (SSSR count). The van der Waals surface area contributed by atoms with Gasteiger partial charge < -0.3 is 9.47 Å². The molecule has 0 N–H and O–H groups in total. The Morgan fingerprint density at radius 2 is 1.77 bits per heavy atom. The molecular formula is C23H27N3O3S. The summed E-state index contributed by atoms with van der Waals surface area (Å²) in [7, 11) is 0. The molecule has 0 aliphatic rings. The Hall–Kier alpha value is -2.80. The highest BCUT2D eigenvalue weighted by molar-refractivity contribution is 8.01. The van der Waals surface area contributed by atoms with Gasteiger partial charge in [-0.25, -0.2) is 0 Å². The normalized spacial score (nSPS) is 11.3. The highest BCUT2D eigenvalue weighted by Crippen LogP contribution is 2.33. The van der Waals surface area contributed by atoms with Gasteiger partial charge in [0.15, 0.2) is 11.0 Å². The predicted octanol–water partition coefficient (Wildman–Crippen LogP) is 4.65. The number of carbonyl (C=O) groups is 1. The number of hydrogen-bond acceptors (Lipinski definition) is 6. The molecule has 6 nitrogen and oxygen atoms in total. The Labute approximate surface area is 181 Å². The zero-order valence-electron chi connectivity index (χ0n) is 17.8. The minimum absolute atomic E-state index is 0.276. The topological polar surface area (TPSA) is 66.2 Å². The number of rotatable bonds is 9. The Bertz CT molecular complexity index is 969. The molecule has 0 aliphatic heterocycles. The summed E-state index contributed by atoms with van der Waals surface area (Å²) in [5, 5.41) is 9.36. The van der Waals surface area contributed by atoms with Crippen LogP contribution in [-0.2, 0) is 22.7 Å². The molecule has 1 heterocycles. The molecule has 0 saturated carbocycles. The van der Waals surface area contributed by atoms with Crippen LogP contribution in [0.15, 0.2) is 59.8 Å². The number of carbonyl (C=O) groups excluding carboxylic acids is 1. The molecule has 0 fully saturated rings. The second-order valence-electron chi connectivity index (χ2n) is 7.41. The SMILES string of the molecule is CCOC(=O)C(C)(C)Sc1nnc(COc2ccc(C)cc2)n1Cc1ccccc1. The smallest absolute Gasteiger partial charge is 0.322 e. The van der Waals surface area contributed by atoms with Gasteiger partial charge in [-0.05, 0) is 45.4 Å². The summed E-state index contributed by atoms with van der Waals surface area (Å²) in [6, 6.07) is 18.0. The van der Waals surface area contributed by atoms with Crippen molar-refractivity contribution in [3.05, 3.63) is 71.5 Å². The molecule has 3 aromatic rings. The zero-order valence-corrected chi connectivity index (χ0v) is 18.6. The van der Waals surface area contributed by atoms with Crippen LogP contribution in [0.5, 0.6) is 5.75 Å². The van der Waals surface area contributed by atoms with Crippen molar-refractivity contribution in [2.45, 2.75) is 50.8 Å². The first kappa shape index (κ1) is 21.9. The average molecular weight is 426 g/mol. The Morgan fingerprint density at radius 3 is 2.43 bits per heavy atom. The molecular weight excluding hydrogens is 398 g/mol.